The van der Waals surface area contributed by atoms with Crippen LogP contribution in [0.25, 0.3) is 0 Å². The summed E-state index contributed by atoms with van der Waals surface area (Å²) in [5, 5.41) is 13.3. The molecule has 1 aromatic heterocycles. The lowest BCUT2D eigenvalue weighted by molar-refractivity contribution is -0.123. The van der Waals surface area contributed by atoms with E-state index in [-0.39, 0.29) is 18.7 Å². The molecule has 0 aliphatic heterocycles. The number of carbonyl (C=O) groups is 1. The molecule has 1 amide bonds. The molecule has 1 unspecified atom stereocenters. The summed E-state index contributed by atoms with van der Waals surface area (Å²) >= 11 is 11.7. The van der Waals surface area contributed by atoms with Crippen molar-refractivity contribution >= 4 is 29.1 Å². The summed E-state index contributed by atoms with van der Waals surface area (Å²) in [6.45, 7) is -0.0471. The molecule has 0 saturated heterocycles. The zero-order chi connectivity index (χ0) is 16.1. The maximum atomic E-state index is 13.4. The molecule has 0 fully saturated rings. The van der Waals surface area contributed by atoms with Crippen molar-refractivity contribution in [3.8, 4) is 0 Å². The maximum Gasteiger partial charge on any atom is 0.223 e. The van der Waals surface area contributed by atoms with Crippen molar-refractivity contribution in [1.29, 1.82) is 0 Å². The molecule has 1 atom stereocenters. The van der Waals surface area contributed by atoms with E-state index < -0.39 is 17.8 Å². The number of benzene rings is 1. The molecule has 1 aromatic carbocycles. The second-order valence-corrected chi connectivity index (χ2v) is 5.50. The Morgan fingerprint density at radius 2 is 2.00 bits per heavy atom. The number of carbonyl (C=O) groups excluding carboxylic acids is 1. The van der Waals surface area contributed by atoms with Crippen molar-refractivity contribution in [3.05, 3.63) is 63.6 Å². The van der Waals surface area contributed by atoms with E-state index in [0.29, 0.717) is 15.6 Å². The summed E-state index contributed by atoms with van der Waals surface area (Å²) in [4.78, 5) is 15.6. The fourth-order valence-electron chi connectivity index (χ4n) is 1.86. The molecule has 2 rings (SSSR count). The van der Waals surface area contributed by atoms with Crippen molar-refractivity contribution in [2.45, 2.75) is 19.1 Å². The molecule has 2 N–H and O–H groups in total. The molecule has 1 heterocycles. The number of nitrogens with one attached hydrogen (secondary N) is 1. The Hall–Kier alpha value is -1.69. The lowest BCUT2D eigenvalue weighted by atomic mass is 10.1. The van der Waals surface area contributed by atoms with Gasteiger partial charge in [0.2, 0.25) is 5.91 Å². The monoisotopic (exact) mass is 342 g/mol. The number of hydrogen-bond donors (Lipinski definition) is 2. The Morgan fingerprint density at radius 3 is 2.64 bits per heavy atom. The average molecular weight is 343 g/mol. The van der Waals surface area contributed by atoms with Crippen LogP contribution in [0.15, 0.2) is 36.5 Å². The Balaban J connectivity index is 1.93. The van der Waals surface area contributed by atoms with Crippen molar-refractivity contribution in [2.75, 3.05) is 0 Å². The van der Waals surface area contributed by atoms with Gasteiger partial charge in [-0.2, -0.15) is 0 Å². The first-order chi connectivity index (χ1) is 10.5. The van der Waals surface area contributed by atoms with Gasteiger partial charge in [0.1, 0.15) is 5.82 Å². The van der Waals surface area contributed by atoms with Crippen LogP contribution in [-0.4, -0.2) is 16.0 Å². The lowest BCUT2D eigenvalue weighted by Crippen LogP contribution is -2.25. The first-order valence-corrected chi connectivity index (χ1v) is 7.21. The minimum atomic E-state index is -1.05. The summed E-state index contributed by atoms with van der Waals surface area (Å²) < 4.78 is 13.4. The topological polar surface area (TPSA) is 62.2 Å². The fraction of sp³-hybridized carbons (Fsp3) is 0.200. The number of aromatic nitrogens is 1. The molecule has 22 heavy (non-hydrogen) atoms. The van der Waals surface area contributed by atoms with Crippen molar-refractivity contribution in [2.24, 2.45) is 0 Å². The number of aliphatic hydroxyl groups excluding tert-OH is 1. The van der Waals surface area contributed by atoms with Gasteiger partial charge in [0.15, 0.2) is 0 Å². The number of rotatable bonds is 5. The zero-order valence-corrected chi connectivity index (χ0v) is 12.9. The highest BCUT2D eigenvalue weighted by Gasteiger charge is 2.15. The quantitative estimate of drug-likeness (QED) is 0.876. The zero-order valence-electron chi connectivity index (χ0n) is 11.4. The molecule has 0 radical (unpaired) electrons. The predicted octanol–water partition coefficient (Wildman–Crippen LogP) is 3.27. The summed E-state index contributed by atoms with van der Waals surface area (Å²) in [5.41, 5.74) is 0.577. The van der Waals surface area contributed by atoms with Crippen molar-refractivity contribution in [3.63, 3.8) is 0 Å². The molecule has 4 nitrogen and oxygen atoms in total. The third-order valence-corrected chi connectivity index (χ3v) is 3.37. The van der Waals surface area contributed by atoms with Crippen molar-refractivity contribution in [1.82, 2.24) is 10.3 Å². The van der Waals surface area contributed by atoms with Crippen molar-refractivity contribution < 1.29 is 14.3 Å². The first kappa shape index (κ1) is 16.7. The highest BCUT2D eigenvalue weighted by Crippen LogP contribution is 2.25. The van der Waals surface area contributed by atoms with Crippen LogP contribution in [0, 0.1) is 5.82 Å². The van der Waals surface area contributed by atoms with Crippen LogP contribution < -0.4 is 5.32 Å². The van der Waals surface area contributed by atoms with E-state index in [9.17, 15) is 14.3 Å². The normalized spacial score (nSPS) is 12.0. The molecule has 116 valence electrons. The van der Waals surface area contributed by atoms with Crippen LogP contribution in [0.3, 0.4) is 0 Å². The van der Waals surface area contributed by atoms with Crippen LogP contribution >= 0.6 is 23.2 Å². The lowest BCUT2D eigenvalue weighted by Gasteiger charge is -2.12. The number of amides is 1. The Bertz CT molecular complexity index is 662. The fourth-order valence-corrected chi connectivity index (χ4v) is 2.41. The van der Waals surface area contributed by atoms with Gasteiger partial charge in [0, 0.05) is 16.2 Å². The van der Waals surface area contributed by atoms with Gasteiger partial charge < -0.3 is 10.4 Å². The maximum absolute atomic E-state index is 13.4. The number of halogens is 3. The molecule has 0 saturated carbocycles. The van der Waals surface area contributed by atoms with E-state index in [1.165, 1.54) is 36.5 Å². The third-order valence-electron chi connectivity index (χ3n) is 2.94. The number of aliphatic hydroxyl groups is 1. The van der Waals surface area contributed by atoms with Crippen LogP contribution in [0.4, 0.5) is 4.39 Å². The highest BCUT2D eigenvalue weighted by atomic mass is 35.5. The molecular weight excluding hydrogens is 330 g/mol. The van der Waals surface area contributed by atoms with Gasteiger partial charge in [0.25, 0.3) is 0 Å². The van der Waals surface area contributed by atoms with Crippen LogP contribution in [0.1, 0.15) is 23.8 Å². The van der Waals surface area contributed by atoms with E-state index in [4.69, 9.17) is 23.2 Å². The van der Waals surface area contributed by atoms with Gasteiger partial charge in [-0.25, -0.2) is 4.39 Å². The average Bonchev–Trinajstić information content (AvgIpc) is 2.45. The Labute approximate surface area is 136 Å². The minimum absolute atomic E-state index is 0.0471. The van der Waals surface area contributed by atoms with Crippen LogP contribution in [-0.2, 0) is 11.3 Å². The number of pyridine rings is 1. The summed E-state index contributed by atoms with van der Waals surface area (Å²) in [6.07, 6.45) is 0.197. The van der Waals surface area contributed by atoms with Gasteiger partial charge in [-0.1, -0.05) is 23.2 Å². The van der Waals surface area contributed by atoms with E-state index >= 15 is 0 Å². The second kappa shape index (κ2) is 7.54. The SMILES string of the molecule is O=C(CC(O)c1cc(Cl)cc(Cl)c1)NCc1ncccc1F. The largest absolute Gasteiger partial charge is 0.388 e. The number of nitrogens with zero attached hydrogens (tertiary/aromatic N) is 1. The smallest absolute Gasteiger partial charge is 0.223 e. The second-order valence-electron chi connectivity index (χ2n) is 4.63. The van der Waals surface area contributed by atoms with E-state index in [1.54, 1.807) is 0 Å². The molecular formula is C15H13Cl2FN2O2. The predicted molar refractivity (Wildman–Crippen MR) is 82.1 cm³/mol. The van der Waals surface area contributed by atoms with E-state index in [0.717, 1.165) is 0 Å². The van der Waals surface area contributed by atoms with Crippen LogP contribution in [0.5, 0.6) is 0 Å². The Morgan fingerprint density at radius 1 is 1.32 bits per heavy atom. The Kier molecular flexibility index (Phi) is 5.71. The van der Waals surface area contributed by atoms with Gasteiger partial charge in [-0.15, -0.1) is 0 Å². The van der Waals surface area contributed by atoms with E-state index in [1.807, 2.05) is 0 Å². The minimum Gasteiger partial charge on any atom is -0.388 e. The summed E-state index contributed by atoms with van der Waals surface area (Å²) in [5.74, 6) is -0.932. The summed E-state index contributed by atoms with van der Waals surface area (Å²) in [7, 11) is 0. The van der Waals surface area contributed by atoms with Gasteiger partial charge in [-0.3, -0.25) is 9.78 Å². The van der Waals surface area contributed by atoms with E-state index in [2.05, 4.69) is 10.3 Å². The van der Waals surface area contributed by atoms with Crippen LogP contribution in [0.2, 0.25) is 10.0 Å². The standard InChI is InChI=1S/C15H13Cl2FN2O2/c16-10-4-9(5-11(17)6-10)14(21)7-15(22)20-8-13-12(18)2-1-3-19-13/h1-6,14,21H,7-8H2,(H,20,22). The molecule has 7 heteroatoms. The number of hydrogen-bond acceptors (Lipinski definition) is 3. The summed E-state index contributed by atoms with van der Waals surface area (Å²) in [6, 6.07) is 7.32. The molecule has 2 aromatic rings. The molecule has 0 bridgehead atoms. The van der Waals surface area contributed by atoms with Gasteiger partial charge in [0.05, 0.1) is 24.8 Å². The first-order valence-electron chi connectivity index (χ1n) is 6.46. The van der Waals surface area contributed by atoms with Gasteiger partial charge in [-0.05, 0) is 35.9 Å². The molecule has 0 aliphatic carbocycles. The highest BCUT2D eigenvalue weighted by molar-refractivity contribution is 6.34. The molecule has 0 spiro atoms. The van der Waals surface area contributed by atoms with Gasteiger partial charge >= 0.3 is 0 Å². The third kappa shape index (κ3) is 4.66. The molecule has 0 aliphatic rings.